The summed E-state index contributed by atoms with van der Waals surface area (Å²) in [4.78, 5) is 49.0. The van der Waals surface area contributed by atoms with Crippen molar-refractivity contribution in [3.05, 3.63) is 0 Å². The molecule has 2 atom stereocenters. The molecular weight excluding hydrogens is 460 g/mol. The Balaban J connectivity index is 2.32. The summed E-state index contributed by atoms with van der Waals surface area (Å²) in [7, 11) is 1.56. The molecule has 2 amide bonds. The molecule has 12 heteroatoms. The third kappa shape index (κ3) is 5.56. The van der Waals surface area contributed by atoms with E-state index < -0.39 is 45.1 Å². The standard InChI is InChI=1S/C20H32N2O8S2/c1-17(2,3)29-15(27)21-11-7-9-19(21,13(23)24)31-32-20(14(25)26)10-8-12-22(20)16(28)30-18(4,5)6/h7-12H2,1-6H3,(H,23,24)(H,25,26). The molecule has 0 aromatic heterocycles. The number of rotatable bonds is 5. The molecule has 2 saturated heterocycles. The van der Waals surface area contributed by atoms with Crippen molar-refractivity contribution in [3.8, 4) is 0 Å². The Hall–Kier alpha value is -1.82. The quantitative estimate of drug-likeness (QED) is 0.542. The van der Waals surface area contributed by atoms with Crippen LogP contribution in [-0.4, -0.2) is 78.2 Å². The Morgan fingerprint density at radius 1 is 0.719 bits per heavy atom. The Bertz CT molecular complexity index is 715. The number of hydrogen-bond donors (Lipinski definition) is 2. The molecule has 2 heterocycles. The first kappa shape index (κ1) is 26.4. The van der Waals surface area contributed by atoms with E-state index in [0.717, 1.165) is 31.4 Å². The zero-order chi connectivity index (χ0) is 24.5. The largest absolute Gasteiger partial charge is 0.479 e. The van der Waals surface area contributed by atoms with E-state index in [2.05, 4.69) is 0 Å². The van der Waals surface area contributed by atoms with E-state index in [-0.39, 0.29) is 25.9 Å². The Morgan fingerprint density at radius 2 is 1.03 bits per heavy atom. The van der Waals surface area contributed by atoms with Gasteiger partial charge >= 0.3 is 24.1 Å². The van der Waals surface area contributed by atoms with Crippen molar-refractivity contribution in [3.63, 3.8) is 0 Å². The van der Waals surface area contributed by atoms with Gasteiger partial charge in [-0.05, 0) is 67.2 Å². The van der Waals surface area contributed by atoms with Crippen LogP contribution in [0.3, 0.4) is 0 Å². The van der Waals surface area contributed by atoms with Gasteiger partial charge in [0.2, 0.25) is 0 Å². The minimum absolute atomic E-state index is 0.126. The number of hydrogen-bond acceptors (Lipinski definition) is 8. The smallest absolute Gasteiger partial charge is 0.411 e. The number of aliphatic carboxylic acids is 2. The van der Waals surface area contributed by atoms with Gasteiger partial charge in [-0.15, -0.1) is 0 Å². The lowest BCUT2D eigenvalue weighted by Crippen LogP contribution is -2.54. The van der Waals surface area contributed by atoms with Crippen molar-refractivity contribution in [1.29, 1.82) is 0 Å². The van der Waals surface area contributed by atoms with E-state index in [1.807, 2.05) is 0 Å². The third-order valence-electron chi connectivity index (χ3n) is 4.88. The molecule has 2 N–H and O–H groups in total. The average molecular weight is 493 g/mol. The Kier molecular flexibility index (Phi) is 7.60. The normalized spacial score (nSPS) is 26.2. The van der Waals surface area contributed by atoms with Gasteiger partial charge in [-0.1, -0.05) is 21.6 Å². The molecule has 0 bridgehead atoms. The van der Waals surface area contributed by atoms with Crippen LogP contribution in [0, 0.1) is 0 Å². The lowest BCUT2D eigenvalue weighted by Gasteiger charge is -2.39. The summed E-state index contributed by atoms with van der Waals surface area (Å²) >= 11 is 0. The van der Waals surface area contributed by atoms with Crippen LogP contribution in [0.5, 0.6) is 0 Å². The predicted molar refractivity (Wildman–Crippen MR) is 120 cm³/mol. The lowest BCUT2D eigenvalue weighted by molar-refractivity contribution is -0.144. The highest BCUT2D eigenvalue weighted by Gasteiger charge is 2.58. The summed E-state index contributed by atoms with van der Waals surface area (Å²) in [5.74, 6) is -2.53. The summed E-state index contributed by atoms with van der Waals surface area (Å²) in [5, 5.41) is 20.1. The number of carbonyl (C=O) groups is 4. The molecule has 2 unspecified atom stereocenters. The van der Waals surface area contributed by atoms with Crippen molar-refractivity contribution in [2.24, 2.45) is 0 Å². The zero-order valence-corrected chi connectivity index (χ0v) is 20.9. The van der Waals surface area contributed by atoms with Crippen LogP contribution in [0.1, 0.15) is 67.2 Å². The molecule has 2 aliphatic heterocycles. The summed E-state index contributed by atoms with van der Waals surface area (Å²) in [6.45, 7) is 10.4. The molecule has 2 fully saturated rings. The highest BCUT2D eigenvalue weighted by atomic mass is 33.1. The monoisotopic (exact) mass is 492 g/mol. The number of nitrogens with zero attached hydrogens (tertiary/aromatic N) is 2. The van der Waals surface area contributed by atoms with Crippen LogP contribution in [-0.2, 0) is 19.1 Å². The maximum atomic E-state index is 12.7. The summed E-state index contributed by atoms with van der Waals surface area (Å²) < 4.78 is 10.8. The van der Waals surface area contributed by atoms with Gasteiger partial charge < -0.3 is 19.7 Å². The van der Waals surface area contributed by atoms with Crippen molar-refractivity contribution in [1.82, 2.24) is 9.80 Å². The van der Waals surface area contributed by atoms with Crippen molar-refractivity contribution in [2.75, 3.05) is 13.1 Å². The van der Waals surface area contributed by atoms with Gasteiger partial charge in [-0.2, -0.15) is 0 Å². The maximum absolute atomic E-state index is 12.7. The SMILES string of the molecule is CC(C)(C)OC(=O)N1CCCC1(SSC1(C(=O)O)CCCN1C(=O)OC(C)(C)C)C(=O)O. The molecule has 0 saturated carbocycles. The van der Waals surface area contributed by atoms with Crippen molar-refractivity contribution >= 4 is 45.7 Å². The van der Waals surface area contributed by atoms with Gasteiger partial charge in [0.1, 0.15) is 11.2 Å². The van der Waals surface area contributed by atoms with Crippen LogP contribution < -0.4 is 0 Å². The lowest BCUT2D eigenvalue weighted by atomic mass is 10.2. The highest BCUT2D eigenvalue weighted by Crippen LogP contribution is 2.54. The Labute approximate surface area is 195 Å². The molecule has 182 valence electrons. The minimum atomic E-state index is -1.71. The average Bonchev–Trinajstić information content (AvgIpc) is 3.22. The van der Waals surface area contributed by atoms with Crippen LogP contribution in [0.4, 0.5) is 9.59 Å². The molecule has 2 aliphatic rings. The molecule has 2 rings (SSSR count). The zero-order valence-electron chi connectivity index (χ0n) is 19.3. The number of carboxylic acids is 2. The van der Waals surface area contributed by atoms with Crippen LogP contribution in [0.15, 0.2) is 0 Å². The second-order valence-electron chi connectivity index (χ2n) is 9.82. The molecule has 0 aromatic carbocycles. The first-order chi connectivity index (χ1) is 14.5. The maximum Gasteiger partial charge on any atom is 0.411 e. The fourth-order valence-corrected chi connectivity index (χ4v) is 7.20. The molecule has 0 aromatic rings. The number of carboxylic acid groups (broad SMARTS) is 2. The van der Waals surface area contributed by atoms with Gasteiger partial charge in [0, 0.05) is 13.1 Å². The molecule has 10 nitrogen and oxygen atoms in total. The summed E-state index contributed by atoms with van der Waals surface area (Å²) in [6.07, 6.45) is -0.442. The van der Waals surface area contributed by atoms with Crippen LogP contribution in [0.2, 0.25) is 0 Å². The van der Waals surface area contributed by atoms with E-state index in [4.69, 9.17) is 9.47 Å². The second-order valence-corrected chi connectivity index (χ2v) is 12.5. The fourth-order valence-electron chi connectivity index (χ4n) is 3.52. The van der Waals surface area contributed by atoms with E-state index in [9.17, 15) is 29.4 Å². The molecule has 0 radical (unpaired) electrons. The minimum Gasteiger partial charge on any atom is -0.479 e. The molecule has 32 heavy (non-hydrogen) atoms. The Morgan fingerprint density at radius 3 is 1.28 bits per heavy atom. The van der Waals surface area contributed by atoms with Crippen LogP contribution >= 0.6 is 21.6 Å². The first-order valence-corrected chi connectivity index (χ1v) is 12.5. The van der Waals surface area contributed by atoms with Gasteiger partial charge in [0.25, 0.3) is 0 Å². The van der Waals surface area contributed by atoms with E-state index in [1.54, 1.807) is 41.5 Å². The van der Waals surface area contributed by atoms with E-state index in [1.165, 1.54) is 0 Å². The summed E-state index contributed by atoms with van der Waals surface area (Å²) in [5.41, 5.74) is -1.63. The van der Waals surface area contributed by atoms with Gasteiger partial charge in [-0.3, -0.25) is 9.80 Å². The first-order valence-electron chi connectivity index (χ1n) is 10.4. The second kappa shape index (κ2) is 9.20. The molecule has 0 aliphatic carbocycles. The van der Waals surface area contributed by atoms with Crippen molar-refractivity contribution in [2.45, 2.75) is 88.2 Å². The number of amides is 2. The number of carbonyl (C=O) groups excluding carboxylic acids is 2. The van der Waals surface area contributed by atoms with E-state index >= 15 is 0 Å². The third-order valence-corrected chi connectivity index (χ3v) is 8.62. The number of likely N-dealkylation sites (tertiary alicyclic amines) is 2. The molecular formula is C20H32N2O8S2. The van der Waals surface area contributed by atoms with E-state index in [0.29, 0.717) is 12.8 Å². The fraction of sp³-hybridized carbons (Fsp3) is 0.800. The topological polar surface area (TPSA) is 134 Å². The van der Waals surface area contributed by atoms with Gasteiger partial charge in [0.15, 0.2) is 9.74 Å². The van der Waals surface area contributed by atoms with Gasteiger partial charge in [0.05, 0.1) is 0 Å². The summed E-state index contributed by atoms with van der Waals surface area (Å²) in [6, 6.07) is 0. The predicted octanol–water partition coefficient (Wildman–Crippen LogP) is 3.99. The van der Waals surface area contributed by atoms with Gasteiger partial charge in [-0.25, -0.2) is 19.2 Å². The highest BCUT2D eigenvalue weighted by molar-refractivity contribution is 8.78. The number of ether oxygens (including phenoxy) is 2. The molecule has 0 spiro atoms. The van der Waals surface area contributed by atoms with Crippen molar-refractivity contribution < 1.29 is 38.9 Å². The van der Waals surface area contributed by atoms with Crippen LogP contribution in [0.25, 0.3) is 0 Å².